The molecule has 0 spiro atoms. The molecule has 1 amide bonds. The summed E-state index contributed by atoms with van der Waals surface area (Å²) >= 11 is 1.58. The van der Waals surface area contributed by atoms with Crippen LogP contribution < -0.4 is 20.7 Å². The first-order valence-corrected chi connectivity index (χ1v) is 11.9. The third-order valence-corrected chi connectivity index (χ3v) is 6.69. The molecule has 2 aromatic rings. The Hall–Kier alpha value is -2.67. The Kier molecular flexibility index (Phi) is 6.70. The van der Waals surface area contributed by atoms with E-state index in [0.29, 0.717) is 10.9 Å². The molecule has 1 saturated heterocycles. The summed E-state index contributed by atoms with van der Waals surface area (Å²) in [4.78, 5) is 19.4. The van der Waals surface area contributed by atoms with Gasteiger partial charge in [-0.3, -0.25) is 9.79 Å². The van der Waals surface area contributed by atoms with Crippen molar-refractivity contribution in [2.75, 3.05) is 35.7 Å². The van der Waals surface area contributed by atoms with E-state index < -0.39 is 0 Å². The molecule has 31 heavy (non-hydrogen) atoms. The summed E-state index contributed by atoms with van der Waals surface area (Å²) in [6.07, 6.45) is 4.71. The van der Waals surface area contributed by atoms with E-state index in [1.807, 2.05) is 36.4 Å². The van der Waals surface area contributed by atoms with Gasteiger partial charge in [-0.25, -0.2) is 0 Å². The van der Waals surface area contributed by atoms with Crippen molar-refractivity contribution in [3.63, 3.8) is 0 Å². The number of amidine groups is 1. The third-order valence-electron chi connectivity index (χ3n) is 5.89. The number of benzene rings is 2. The molecule has 1 fully saturated rings. The van der Waals surface area contributed by atoms with Crippen LogP contribution in [0.2, 0.25) is 0 Å². The van der Waals surface area contributed by atoms with Crippen LogP contribution in [0.1, 0.15) is 38.2 Å². The average Bonchev–Trinajstić information content (AvgIpc) is 2.79. The second-order valence-corrected chi connectivity index (χ2v) is 9.40. The van der Waals surface area contributed by atoms with Gasteiger partial charge < -0.3 is 20.7 Å². The lowest BCUT2D eigenvalue weighted by molar-refractivity contribution is -0.118. The topological polar surface area (TPSA) is 80.0 Å². The number of carbonyl (C=O) groups is 1. The number of carbonyl (C=O) groups excluding carboxylic acids is 1. The number of nitrogens with zero attached hydrogens (tertiary/aromatic N) is 2. The molecule has 0 saturated carbocycles. The van der Waals surface area contributed by atoms with E-state index in [-0.39, 0.29) is 18.1 Å². The Morgan fingerprint density at radius 2 is 1.97 bits per heavy atom. The predicted octanol–water partition coefficient (Wildman–Crippen LogP) is 4.36. The molecule has 0 aromatic heterocycles. The fraction of sp³-hybridized carbons (Fsp3) is 0.417. The molecule has 3 N–H and O–H groups in total. The summed E-state index contributed by atoms with van der Waals surface area (Å²) in [5.74, 6) is 1.41. The molecule has 1 atom stereocenters. The minimum atomic E-state index is -0.354. The van der Waals surface area contributed by atoms with Gasteiger partial charge >= 0.3 is 0 Å². The first-order valence-electron chi connectivity index (χ1n) is 10.9. The SMILES string of the molecule is CC1(c2cccc(OCC(=O)Nc3ccc(N4CCCCC4)cc3)c2)CCSC(N)=N1. The van der Waals surface area contributed by atoms with Crippen molar-refractivity contribution in [1.82, 2.24) is 0 Å². The Balaban J connectivity index is 1.32. The number of hydrogen-bond acceptors (Lipinski definition) is 6. The lowest BCUT2D eigenvalue weighted by Gasteiger charge is -2.30. The van der Waals surface area contributed by atoms with Gasteiger partial charge in [-0.1, -0.05) is 23.9 Å². The van der Waals surface area contributed by atoms with Crippen LogP contribution in [0.4, 0.5) is 11.4 Å². The molecule has 0 radical (unpaired) electrons. The van der Waals surface area contributed by atoms with Crippen LogP contribution in [-0.2, 0) is 10.3 Å². The summed E-state index contributed by atoms with van der Waals surface area (Å²) in [6, 6.07) is 15.8. The highest BCUT2D eigenvalue weighted by Crippen LogP contribution is 2.36. The molecule has 0 bridgehead atoms. The van der Waals surface area contributed by atoms with E-state index in [9.17, 15) is 4.79 Å². The van der Waals surface area contributed by atoms with E-state index in [2.05, 4.69) is 34.3 Å². The lowest BCUT2D eigenvalue weighted by atomic mass is 9.90. The maximum Gasteiger partial charge on any atom is 0.262 e. The van der Waals surface area contributed by atoms with Crippen LogP contribution in [0.5, 0.6) is 5.75 Å². The van der Waals surface area contributed by atoms with Crippen LogP contribution in [-0.4, -0.2) is 36.5 Å². The van der Waals surface area contributed by atoms with Gasteiger partial charge in [-0.2, -0.15) is 0 Å². The summed E-state index contributed by atoms with van der Waals surface area (Å²) in [5, 5.41) is 3.53. The maximum atomic E-state index is 12.4. The van der Waals surface area contributed by atoms with Crippen LogP contribution in [0.3, 0.4) is 0 Å². The minimum absolute atomic E-state index is 0.0463. The molecule has 2 aromatic carbocycles. The first kappa shape index (κ1) is 21.6. The van der Waals surface area contributed by atoms with Crippen molar-refractivity contribution < 1.29 is 9.53 Å². The maximum absolute atomic E-state index is 12.4. The normalized spacial score (nSPS) is 21.3. The number of nitrogens with two attached hydrogens (primary N) is 1. The molecule has 2 heterocycles. The van der Waals surface area contributed by atoms with Gasteiger partial charge in [0.15, 0.2) is 11.8 Å². The minimum Gasteiger partial charge on any atom is -0.484 e. The first-order chi connectivity index (χ1) is 15.0. The zero-order valence-corrected chi connectivity index (χ0v) is 18.8. The van der Waals surface area contributed by atoms with Gasteiger partial charge in [0.1, 0.15) is 5.75 Å². The van der Waals surface area contributed by atoms with E-state index in [4.69, 9.17) is 10.5 Å². The second-order valence-electron chi connectivity index (χ2n) is 8.28. The lowest BCUT2D eigenvalue weighted by Crippen LogP contribution is -2.29. The molecule has 2 aliphatic rings. The summed E-state index contributed by atoms with van der Waals surface area (Å²) in [5.41, 5.74) is 8.61. The molecule has 1 unspecified atom stereocenters. The van der Waals surface area contributed by atoms with Gasteiger partial charge in [0.25, 0.3) is 5.91 Å². The van der Waals surface area contributed by atoms with Crippen molar-refractivity contribution >= 4 is 34.2 Å². The molecular weight excluding hydrogens is 408 g/mol. The molecule has 164 valence electrons. The van der Waals surface area contributed by atoms with Gasteiger partial charge in [0.05, 0.1) is 5.54 Å². The molecule has 4 rings (SSSR count). The smallest absolute Gasteiger partial charge is 0.262 e. The van der Waals surface area contributed by atoms with Crippen LogP contribution in [0.25, 0.3) is 0 Å². The van der Waals surface area contributed by atoms with Crippen molar-refractivity contribution in [2.24, 2.45) is 10.7 Å². The average molecular weight is 439 g/mol. The molecule has 2 aliphatic heterocycles. The Bertz CT molecular complexity index is 941. The fourth-order valence-corrected chi connectivity index (χ4v) is 5.04. The molecule has 7 heteroatoms. The Labute approximate surface area is 188 Å². The molecule has 6 nitrogen and oxygen atoms in total. The van der Waals surface area contributed by atoms with Crippen molar-refractivity contribution in [2.45, 2.75) is 38.1 Å². The predicted molar refractivity (Wildman–Crippen MR) is 129 cm³/mol. The van der Waals surface area contributed by atoms with E-state index >= 15 is 0 Å². The Morgan fingerprint density at radius 3 is 2.71 bits per heavy atom. The van der Waals surface area contributed by atoms with E-state index in [1.54, 1.807) is 11.8 Å². The summed E-state index contributed by atoms with van der Waals surface area (Å²) in [6.45, 7) is 4.25. The van der Waals surface area contributed by atoms with Gasteiger partial charge in [-0.15, -0.1) is 0 Å². The fourth-order valence-electron chi connectivity index (χ4n) is 4.07. The van der Waals surface area contributed by atoms with Crippen molar-refractivity contribution in [3.05, 3.63) is 54.1 Å². The monoisotopic (exact) mass is 438 g/mol. The van der Waals surface area contributed by atoms with E-state index in [1.165, 1.54) is 24.9 Å². The highest BCUT2D eigenvalue weighted by atomic mass is 32.2. The number of ether oxygens (including phenoxy) is 1. The highest BCUT2D eigenvalue weighted by molar-refractivity contribution is 8.13. The number of nitrogens with one attached hydrogen (secondary N) is 1. The second kappa shape index (κ2) is 9.64. The number of anilines is 2. The highest BCUT2D eigenvalue weighted by Gasteiger charge is 2.29. The van der Waals surface area contributed by atoms with Crippen molar-refractivity contribution in [3.8, 4) is 5.75 Å². The van der Waals surface area contributed by atoms with Gasteiger partial charge in [0.2, 0.25) is 0 Å². The zero-order valence-electron chi connectivity index (χ0n) is 18.0. The number of aliphatic imine (C=N–C) groups is 1. The number of hydrogen-bond donors (Lipinski definition) is 2. The quantitative estimate of drug-likeness (QED) is 0.700. The number of piperidine rings is 1. The zero-order chi connectivity index (χ0) is 21.7. The van der Waals surface area contributed by atoms with Crippen LogP contribution >= 0.6 is 11.8 Å². The number of thioether (sulfide) groups is 1. The number of amides is 1. The molecular formula is C24H30N4O2S. The summed E-state index contributed by atoms with van der Waals surface area (Å²) < 4.78 is 5.76. The Morgan fingerprint density at radius 1 is 1.19 bits per heavy atom. The largest absolute Gasteiger partial charge is 0.484 e. The van der Waals surface area contributed by atoms with E-state index in [0.717, 1.165) is 36.5 Å². The standard InChI is InChI=1S/C24H30N4O2S/c1-24(12-15-31-23(25)27-24)18-6-5-7-21(16-18)30-17-22(29)26-19-8-10-20(11-9-19)28-13-3-2-4-14-28/h5-11,16H,2-4,12-15,17H2,1H3,(H2,25,27)(H,26,29). The van der Waals surface area contributed by atoms with Crippen LogP contribution in [0.15, 0.2) is 53.5 Å². The van der Waals surface area contributed by atoms with Crippen molar-refractivity contribution in [1.29, 1.82) is 0 Å². The van der Waals surface area contributed by atoms with Crippen LogP contribution in [0, 0.1) is 0 Å². The molecule has 0 aliphatic carbocycles. The van der Waals surface area contributed by atoms with Gasteiger partial charge in [0, 0.05) is 30.2 Å². The third kappa shape index (κ3) is 5.53. The number of rotatable bonds is 6. The van der Waals surface area contributed by atoms with Gasteiger partial charge in [-0.05, 0) is 74.6 Å². The summed E-state index contributed by atoms with van der Waals surface area (Å²) in [7, 11) is 0.